The van der Waals surface area contributed by atoms with Gasteiger partial charge in [0, 0.05) is 12.5 Å². The predicted octanol–water partition coefficient (Wildman–Crippen LogP) is 1.59. The summed E-state index contributed by atoms with van der Waals surface area (Å²) in [4.78, 5) is 54.1. The van der Waals surface area contributed by atoms with Gasteiger partial charge in [-0.25, -0.2) is 13.2 Å². The van der Waals surface area contributed by atoms with Crippen molar-refractivity contribution >= 4 is 33.8 Å². The smallest absolute Gasteiger partial charge is 0.408 e. The Morgan fingerprint density at radius 1 is 1.19 bits per heavy atom. The minimum absolute atomic E-state index is 0.0245. The van der Waals surface area contributed by atoms with E-state index in [1.54, 1.807) is 20.8 Å². The minimum Gasteiger partial charge on any atom is -0.444 e. The van der Waals surface area contributed by atoms with Gasteiger partial charge in [0.1, 0.15) is 23.2 Å². The second-order valence-electron chi connectivity index (χ2n) is 11.6. The van der Waals surface area contributed by atoms with E-state index >= 15 is 0 Å². The fourth-order valence-electron chi connectivity index (χ4n) is 5.04. The molecule has 4 amide bonds. The number of rotatable bonds is 3. The number of sulfonamides is 1. The van der Waals surface area contributed by atoms with E-state index in [2.05, 4.69) is 10.6 Å². The number of allylic oxidation sites excluding steroid dienone is 1. The van der Waals surface area contributed by atoms with E-state index in [0.717, 1.165) is 25.5 Å². The summed E-state index contributed by atoms with van der Waals surface area (Å²) >= 11 is 0. The summed E-state index contributed by atoms with van der Waals surface area (Å²) in [5, 5.41) is 5.49. The van der Waals surface area contributed by atoms with Crippen LogP contribution in [-0.4, -0.2) is 73.2 Å². The molecule has 2 heterocycles. The first-order chi connectivity index (χ1) is 17.1. The monoisotopic (exact) mass is 540 g/mol. The topological polar surface area (TPSA) is 151 Å². The van der Waals surface area contributed by atoms with Crippen molar-refractivity contribution in [2.24, 2.45) is 11.8 Å². The predicted molar refractivity (Wildman–Crippen MR) is 137 cm³/mol. The summed E-state index contributed by atoms with van der Waals surface area (Å²) < 4.78 is 30.9. The maximum atomic E-state index is 13.7. The summed E-state index contributed by atoms with van der Waals surface area (Å²) in [5.41, 5.74) is -2.11. The van der Waals surface area contributed by atoms with Crippen LogP contribution in [0.15, 0.2) is 12.2 Å². The van der Waals surface area contributed by atoms with E-state index in [9.17, 15) is 27.6 Å². The Kier molecular flexibility index (Phi) is 8.60. The van der Waals surface area contributed by atoms with Gasteiger partial charge in [-0.05, 0) is 58.8 Å². The van der Waals surface area contributed by atoms with Crippen molar-refractivity contribution in [2.75, 3.05) is 12.8 Å². The summed E-state index contributed by atoms with van der Waals surface area (Å²) in [6, 6.07) is -1.70. The number of ether oxygens (including phenoxy) is 1. The van der Waals surface area contributed by atoms with Gasteiger partial charge in [-0.3, -0.25) is 19.1 Å². The van der Waals surface area contributed by atoms with Crippen molar-refractivity contribution in [3.05, 3.63) is 12.2 Å². The number of nitrogens with one attached hydrogen (secondary N) is 3. The summed E-state index contributed by atoms with van der Waals surface area (Å²) in [7, 11) is -3.83. The van der Waals surface area contributed by atoms with Crippen molar-refractivity contribution in [2.45, 2.75) is 95.9 Å². The average molecular weight is 541 g/mol. The molecular formula is C25H40N4O7S. The zero-order chi connectivity index (χ0) is 27.6. The van der Waals surface area contributed by atoms with Gasteiger partial charge >= 0.3 is 6.09 Å². The third-order valence-corrected chi connectivity index (χ3v) is 7.42. The van der Waals surface area contributed by atoms with Crippen LogP contribution in [0.1, 0.15) is 72.6 Å². The van der Waals surface area contributed by atoms with E-state index < -0.39 is 51.2 Å². The molecule has 12 heteroatoms. The molecule has 0 unspecified atom stereocenters. The highest BCUT2D eigenvalue weighted by molar-refractivity contribution is 7.89. The van der Waals surface area contributed by atoms with Crippen LogP contribution in [0.4, 0.5) is 4.79 Å². The molecule has 0 spiro atoms. The van der Waals surface area contributed by atoms with Gasteiger partial charge in [-0.15, -0.1) is 0 Å². The van der Waals surface area contributed by atoms with Gasteiger partial charge in [0.25, 0.3) is 5.91 Å². The van der Waals surface area contributed by atoms with E-state index in [0.29, 0.717) is 25.8 Å². The average Bonchev–Trinajstić information content (AvgIpc) is 3.29. The first-order valence-electron chi connectivity index (χ1n) is 12.9. The molecule has 2 aliphatic heterocycles. The van der Waals surface area contributed by atoms with Crippen molar-refractivity contribution in [3.63, 3.8) is 0 Å². The molecule has 1 saturated heterocycles. The molecule has 1 saturated carbocycles. The second-order valence-corrected chi connectivity index (χ2v) is 13.3. The fraction of sp³-hybridized carbons (Fsp3) is 0.760. The second kappa shape index (κ2) is 11.0. The van der Waals surface area contributed by atoms with Crippen molar-refractivity contribution in [1.82, 2.24) is 20.3 Å². The summed E-state index contributed by atoms with van der Waals surface area (Å²) in [5.74, 6) is -1.98. The van der Waals surface area contributed by atoms with Gasteiger partial charge in [-0.2, -0.15) is 0 Å². The van der Waals surface area contributed by atoms with Crippen LogP contribution >= 0.6 is 0 Å². The van der Waals surface area contributed by atoms with Crippen LogP contribution in [0.2, 0.25) is 0 Å². The van der Waals surface area contributed by atoms with Gasteiger partial charge < -0.3 is 20.3 Å². The molecule has 5 atom stereocenters. The number of amides is 4. The highest BCUT2D eigenvalue weighted by Crippen LogP contribution is 2.45. The van der Waals surface area contributed by atoms with Crippen LogP contribution in [0.3, 0.4) is 0 Å². The van der Waals surface area contributed by atoms with Gasteiger partial charge in [0.05, 0.1) is 6.26 Å². The largest absolute Gasteiger partial charge is 0.444 e. The van der Waals surface area contributed by atoms with Crippen LogP contribution < -0.4 is 15.4 Å². The molecule has 37 heavy (non-hydrogen) atoms. The standard InChI is InChI=1S/C25H40N4O7S/c1-16-13-19-20(30)27-25(22(32)28-37(5,34)35)14-17(25)11-9-7-6-8-10-12-18(21(31)29(19)15-16)26-23(33)36-24(2,3)4/h9,11,16-19H,6-8,10,12-15H2,1-5H3,(H,26,33)(H,27,30)(H,28,32)/b11-9-/t16-,17-,18+,19+,25-/m1/s1. The molecule has 3 rings (SSSR count). The molecule has 1 aliphatic carbocycles. The first-order valence-corrected chi connectivity index (χ1v) is 14.8. The molecular weight excluding hydrogens is 500 g/mol. The molecule has 0 bridgehead atoms. The fourth-order valence-corrected chi connectivity index (χ4v) is 5.56. The molecule has 3 aliphatic rings. The molecule has 0 aromatic heterocycles. The number of nitrogens with zero attached hydrogens (tertiary/aromatic N) is 1. The van der Waals surface area contributed by atoms with Crippen molar-refractivity contribution in [1.29, 1.82) is 0 Å². The molecule has 0 radical (unpaired) electrons. The minimum atomic E-state index is -3.83. The lowest BCUT2D eigenvalue weighted by atomic mass is 10.0. The van der Waals surface area contributed by atoms with E-state index in [1.807, 2.05) is 23.8 Å². The number of carbonyl (C=O) groups excluding carboxylic acids is 4. The highest BCUT2D eigenvalue weighted by Gasteiger charge is 2.61. The quantitative estimate of drug-likeness (QED) is 0.460. The summed E-state index contributed by atoms with van der Waals surface area (Å²) in [6.45, 7) is 7.47. The Morgan fingerprint density at radius 3 is 2.54 bits per heavy atom. The van der Waals surface area contributed by atoms with E-state index in [1.165, 1.54) is 4.90 Å². The van der Waals surface area contributed by atoms with Crippen LogP contribution in [0.5, 0.6) is 0 Å². The Labute approximate surface area is 219 Å². The number of hydrogen-bond donors (Lipinski definition) is 3. The zero-order valence-corrected chi connectivity index (χ0v) is 23.2. The number of hydrogen-bond acceptors (Lipinski definition) is 7. The van der Waals surface area contributed by atoms with Crippen LogP contribution in [0, 0.1) is 11.8 Å². The third kappa shape index (κ3) is 7.68. The lowest BCUT2D eigenvalue weighted by molar-refractivity contribution is -0.141. The molecule has 0 aromatic carbocycles. The molecule has 208 valence electrons. The van der Waals surface area contributed by atoms with Gasteiger partial charge in [-0.1, -0.05) is 31.9 Å². The van der Waals surface area contributed by atoms with Crippen molar-refractivity contribution < 1.29 is 32.3 Å². The van der Waals surface area contributed by atoms with Gasteiger partial charge in [0.2, 0.25) is 21.8 Å². The zero-order valence-electron chi connectivity index (χ0n) is 22.3. The third-order valence-electron chi connectivity index (χ3n) is 6.86. The summed E-state index contributed by atoms with van der Waals surface area (Å²) in [6.07, 6.45) is 8.16. The molecule has 0 aromatic rings. The Bertz CT molecular complexity index is 1050. The van der Waals surface area contributed by atoms with Gasteiger partial charge in [0.15, 0.2) is 0 Å². The van der Waals surface area contributed by atoms with E-state index in [-0.39, 0.29) is 24.2 Å². The number of carbonyl (C=O) groups is 4. The Morgan fingerprint density at radius 2 is 1.89 bits per heavy atom. The van der Waals surface area contributed by atoms with Crippen LogP contribution in [0.25, 0.3) is 0 Å². The molecule has 3 N–H and O–H groups in total. The van der Waals surface area contributed by atoms with Crippen LogP contribution in [-0.2, 0) is 29.1 Å². The molecule has 11 nitrogen and oxygen atoms in total. The number of alkyl carbamates (subject to hydrolysis) is 1. The van der Waals surface area contributed by atoms with E-state index in [4.69, 9.17) is 4.74 Å². The lowest BCUT2D eigenvalue weighted by Crippen LogP contribution is -2.58. The molecule has 2 fully saturated rings. The Balaban J connectivity index is 1.87. The highest BCUT2D eigenvalue weighted by atomic mass is 32.2. The SMILES string of the molecule is C[C@@H]1C[C@H]2C(=O)N[C@]3(C(=O)NS(C)(=O)=O)C[C@H]3/C=C\CCCCC[C@H](NC(=O)OC(C)(C)C)C(=O)N2C1. The number of fused-ring (bicyclic) bond motifs is 2. The maximum Gasteiger partial charge on any atom is 0.408 e. The normalized spacial score (nSPS) is 32.1. The van der Waals surface area contributed by atoms with Crippen molar-refractivity contribution in [3.8, 4) is 0 Å². The lowest BCUT2D eigenvalue weighted by Gasteiger charge is -2.30. The first kappa shape index (κ1) is 28.9. The Hall–Kier alpha value is -2.63. The maximum absolute atomic E-state index is 13.7.